The van der Waals surface area contributed by atoms with Gasteiger partial charge in [-0.2, -0.15) is 0 Å². The van der Waals surface area contributed by atoms with Crippen LogP contribution in [0, 0.1) is 0 Å². The lowest BCUT2D eigenvalue weighted by atomic mass is 10.1. The smallest absolute Gasteiger partial charge is 0.146 e. The average Bonchev–Trinajstić information content (AvgIpc) is 2.86. The monoisotopic (exact) mass is 254 g/mol. The van der Waals surface area contributed by atoms with Crippen LogP contribution in [0.5, 0.6) is 0 Å². The van der Waals surface area contributed by atoms with Gasteiger partial charge in [0.25, 0.3) is 0 Å². The van der Waals surface area contributed by atoms with Gasteiger partial charge in [-0.15, -0.1) is 11.8 Å². The van der Waals surface area contributed by atoms with Gasteiger partial charge in [0.2, 0.25) is 0 Å². The minimum atomic E-state index is 0.243. The first-order chi connectivity index (χ1) is 8.22. The quantitative estimate of drug-likeness (QED) is 0.739. The van der Waals surface area contributed by atoms with E-state index in [0.717, 1.165) is 19.0 Å². The van der Waals surface area contributed by atoms with Crippen LogP contribution in [0.25, 0.3) is 0 Å². The zero-order chi connectivity index (χ0) is 11.8. The molecule has 0 aromatic rings. The molecule has 3 heterocycles. The minimum Gasteiger partial charge on any atom is -0.299 e. The second-order valence-corrected chi connectivity index (χ2v) is 7.31. The van der Waals surface area contributed by atoms with Crippen LogP contribution in [0.4, 0.5) is 0 Å². The second-order valence-electron chi connectivity index (χ2n) is 5.66. The van der Waals surface area contributed by atoms with Crippen molar-refractivity contribution in [2.45, 2.75) is 42.7 Å². The molecule has 3 fully saturated rings. The minimum absolute atomic E-state index is 0.243. The average molecular weight is 254 g/mol. The summed E-state index contributed by atoms with van der Waals surface area (Å²) in [5, 5.41) is 0.804. The van der Waals surface area contributed by atoms with Gasteiger partial charge in [0, 0.05) is 43.9 Å². The van der Waals surface area contributed by atoms with Crippen molar-refractivity contribution < 1.29 is 4.79 Å². The van der Waals surface area contributed by atoms with E-state index in [1.54, 1.807) is 0 Å². The molecule has 3 unspecified atom stereocenters. The highest BCUT2D eigenvalue weighted by molar-refractivity contribution is 8.01. The van der Waals surface area contributed by atoms with E-state index < -0.39 is 0 Å². The maximum atomic E-state index is 11.6. The van der Waals surface area contributed by atoms with Gasteiger partial charge in [0.1, 0.15) is 5.78 Å². The highest BCUT2D eigenvalue weighted by atomic mass is 32.2. The van der Waals surface area contributed by atoms with Gasteiger partial charge < -0.3 is 0 Å². The molecule has 0 radical (unpaired) electrons. The zero-order valence-corrected chi connectivity index (χ0v) is 11.4. The first-order valence-corrected chi connectivity index (χ1v) is 7.81. The number of fused-ring (bicyclic) bond motifs is 1. The third-order valence-corrected chi connectivity index (χ3v) is 5.78. The Morgan fingerprint density at radius 1 is 1.35 bits per heavy atom. The fourth-order valence-corrected chi connectivity index (χ4v) is 4.80. The molecule has 4 heteroatoms. The Balaban J connectivity index is 1.51. The molecule has 0 N–H and O–H groups in total. The fourth-order valence-electron chi connectivity index (χ4n) is 3.42. The van der Waals surface area contributed by atoms with Crippen molar-refractivity contribution in [3.05, 3.63) is 0 Å². The summed E-state index contributed by atoms with van der Waals surface area (Å²) in [6, 6.07) is 0.809. The lowest BCUT2D eigenvalue weighted by molar-refractivity contribution is -0.117. The van der Waals surface area contributed by atoms with Gasteiger partial charge in [-0.25, -0.2) is 0 Å². The van der Waals surface area contributed by atoms with Crippen molar-refractivity contribution >= 4 is 17.5 Å². The van der Waals surface area contributed by atoms with E-state index in [9.17, 15) is 4.79 Å². The number of hydrogen-bond donors (Lipinski definition) is 0. The number of ketones is 1. The zero-order valence-electron chi connectivity index (χ0n) is 10.6. The number of piperazine rings is 1. The highest BCUT2D eigenvalue weighted by Gasteiger charge is 2.34. The number of hydrogen-bond acceptors (Lipinski definition) is 4. The van der Waals surface area contributed by atoms with E-state index in [2.05, 4.69) is 16.7 Å². The van der Waals surface area contributed by atoms with Gasteiger partial charge in [0.05, 0.1) is 5.25 Å². The van der Waals surface area contributed by atoms with Gasteiger partial charge in [0.15, 0.2) is 0 Å². The molecule has 3 rings (SSSR count). The maximum Gasteiger partial charge on any atom is 0.146 e. The van der Waals surface area contributed by atoms with Crippen molar-refractivity contribution in [3.63, 3.8) is 0 Å². The number of nitrogens with zero attached hydrogens (tertiary/aromatic N) is 2. The van der Waals surface area contributed by atoms with Gasteiger partial charge in [-0.3, -0.25) is 14.6 Å². The van der Waals surface area contributed by atoms with Crippen LogP contribution in [-0.2, 0) is 4.79 Å². The van der Waals surface area contributed by atoms with E-state index in [1.165, 1.54) is 39.0 Å². The molecule has 96 valence electrons. The molecule has 3 saturated heterocycles. The molecule has 0 aromatic heterocycles. The standard InChI is InChI=1S/C13H22N2OS/c1-10-13(16)7-12(17-10)9-14-5-6-15-4-2-3-11(15)8-14/h10-12H,2-9H2,1H3. The number of rotatable bonds is 2. The molecular weight excluding hydrogens is 232 g/mol. The Labute approximate surface area is 108 Å². The van der Waals surface area contributed by atoms with E-state index >= 15 is 0 Å². The summed E-state index contributed by atoms with van der Waals surface area (Å²) < 4.78 is 0. The Morgan fingerprint density at radius 2 is 2.24 bits per heavy atom. The molecule has 3 nitrogen and oxygen atoms in total. The Hall–Kier alpha value is -0.0600. The Bertz CT molecular complexity index is 310. The third kappa shape index (κ3) is 2.54. The molecule has 0 spiro atoms. The van der Waals surface area contributed by atoms with Crippen molar-refractivity contribution in [3.8, 4) is 0 Å². The lowest BCUT2D eigenvalue weighted by Gasteiger charge is -2.38. The van der Waals surface area contributed by atoms with Gasteiger partial charge in [-0.1, -0.05) is 0 Å². The van der Waals surface area contributed by atoms with Crippen LogP contribution in [0.15, 0.2) is 0 Å². The SMILES string of the molecule is CC1SC(CN2CCN3CCCC3C2)CC1=O. The first kappa shape index (κ1) is 12.0. The van der Waals surface area contributed by atoms with Crippen LogP contribution in [-0.4, -0.2) is 64.8 Å². The molecule has 3 atom stereocenters. The number of thioether (sulfide) groups is 1. The van der Waals surface area contributed by atoms with Crippen molar-refractivity contribution in [2.24, 2.45) is 0 Å². The van der Waals surface area contributed by atoms with Crippen LogP contribution in [0.2, 0.25) is 0 Å². The molecule has 3 aliphatic heterocycles. The predicted octanol–water partition coefficient (Wildman–Crippen LogP) is 1.23. The van der Waals surface area contributed by atoms with E-state index in [1.807, 2.05) is 11.8 Å². The van der Waals surface area contributed by atoms with Gasteiger partial charge >= 0.3 is 0 Å². The summed E-state index contributed by atoms with van der Waals surface area (Å²) in [5.74, 6) is 0.458. The highest BCUT2D eigenvalue weighted by Crippen LogP contribution is 2.32. The molecule has 0 bridgehead atoms. The first-order valence-electron chi connectivity index (χ1n) is 6.87. The van der Waals surface area contributed by atoms with E-state index in [4.69, 9.17) is 0 Å². The summed E-state index contributed by atoms with van der Waals surface area (Å²) in [4.78, 5) is 16.8. The van der Waals surface area contributed by atoms with Crippen LogP contribution >= 0.6 is 11.8 Å². The molecule has 0 amide bonds. The molecule has 0 aromatic carbocycles. The lowest BCUT2D eigenvalue weighted by Crippen LogP contribution is -2.51. The number of carbonyl (C=O) groups excluding carboxylic acids is 1. The van der Waals surface area contributed by atoms with E-state index in [0.29, 0.717) is 11.0 Å². The summed E-state index contributed by atoms with van der Waals surface area (Å²) in [6.07, 6.45) is 3.56. The van der Waals surface area contributed by atoms with Crippen molar-refractivity contribution in [1.82, 2.24) is 9.80 Å². The van der Waals surface area contributed by atoms with Crippen LogP contribution < -0.4 is 0 Å². The Kier molecular flexibility index (Phi) is 3.46. The summed E-state index contributed by atoms with van der Waals surface area (Å²) in [5.41, 5.74) is 0. The van der Waals surface area contributed by atoms with Crippen LogP contribution in [0.1, 0.15) is 26.2 Å². The Morgan fingerprint density at radius 3 is 3.00 bits per heavy atom. The normalized spacial score (nSPS) is 39.8. The fraction of sp³-hybridized carbons (Fsp3) is 0.923. The summed E-state index contributed by atoms with van der Waals surface area (Å²) in [6.45, 7) is 8.18. The summed E-state index contributed by atoms with van der Waals surface area (Å²) in [7, 11) is 0. The molecule has 0 aliphatic carbocycles. The van der Waals surface area contributed by atoms with Crippen molar-refractivity contribution in [1.29, 1.82) is 0 Å². The largest absolute Gasteiger partial charge is 0.299 e. The molecule has 17 heavy (non-hydrogen) atoms. The predicted molar refractivity (Wildman–Crippen MR) is 71.5 cm³/mol. The topological polar surface area (TPSA) is 23.6 Å². The van der Waals surface area contributed by atoms with E-state index in [-0.39, 0.29) is 5.25 Å². The molecule has 0 saturated carbocycles. The van der Waals surface area contributed by atoms with Gasteiger partial charge in [-0.05, 0) is 26.3 Å². The maximum absolute atomic E-state index is 11.6. The molecular formula is C13H22N2OS. The number of carbonyl (C=O) groups is 1. The number of Topliss-reactive ketones (excluding diaryl/α,β-unsaturated/α-hetero) is 1. The van der Waals surface area contributed by atoms with Crippen LogP contribution in [0.3, 0.4) is 0 Å². The molecule has 3 aliphatic rings. The third-order valence-electron chi connectivity index (χ3n) is 4.41. The van der Waals surface area contributed by atoms with Crippen molar-refractivity contribution in [2.75, 3.05) is 32.7 Å². The summed E-state index contributed by atoms with van der Waals surface area (Å²) >= 11 is 1.89. The second kappa shape index (κ2) is 4.90.